The Kier molecular flexibility index (Phi) is 4.65. The second-order valence-corrected chi connectivity index (χ2v) is 6.55. The van der Waals surface area contributed by atoms with Crippen LogP contribution in [0.15, 0.2) is 48.5 Å². The first-order chi connectivity index (χ1) is 10.7. The summed E-state index contributed by atoms with van der Waals surface area (Å²) < 4.78 is 1.16. The maximum absolute atomic E-state index is 5.33. The van der Waals surface area contributed by atoms with Crippen LogP contribution in [0, 0.1) is 6.92 Å². The highest BCUT2D eigenvalue weighted by Crippen LogP contribution is 2.25. The molecule has 1 aromatic heterocycles. The zero-order valence-corrected chi connectivity index (χ0v) is 13.9. The fourth-order valence-electron chi connectivity index (χ4n) is 2.26. The van der Waals surface area contributed by atoms with Gasteiger partial charge in [-0.25, -0.2) is 4.98 Å². The van der Waals surface area contributed by atoms with Crippen molar-refractivity contribution in [3.63, 3.8) is 0 Å². The van der Waals surface area contributed by atoms with Crippen LogP contribution in [0.1, 0.15) is 11.1 Å². The Morgan fingerprint density at radius 3 is 2.86 bits per heavy atom. The number of thiazole rings is 1. The van der Waals surface area contributed by atoms with Crippen molar-refractivity contribution in [2.75, 3.05) is 11.9 Å². The van der Waals surface area contributed by atoms with Crippen molar-refractivity contribution in [3.8, 4) is 0 Å². The smallest absolute Gasteiger partial charge is 0.190 e. The van der Waals surface area contributed by atoms with Gasteiger partial charge in [0.2, 0.25) is 0 Å². The van der Waals surface area contributed by atoms with Gasteiger partial charge in [0.25, 0.3) is 0 Å². The van der Waals surface area contributed by atoms with Crippen molar-refractivity contribution in [2.45, 2.75) is 13.3 Å². The molecule has 0 aliphatic heterocycles. The predicted molar refractivity (Wildman–Crippen MR) is 98.7 cm³/mol. The first-order valence-corrected chi connectivity index (χ1v) is 8.39. The van der Waals surface area contributed by atoms with Crippen LogP contribution in [0.3, 0.4) is 0 Å². The van der Waals surface area contributed by atoms with Gasteiger partial charge in [-0.05, 0) is 43.3 Å². The van der Waals surface area contributed by atoms with Crippen molar-refractivity contribution < 1.29 is 0 Å². The second-order valence-electron chi connectivity index (χ2n) is 5.11. The molecular formula is C17H17N3S2. The van der Waals surface area contributed by atoms with Crippen molar-refractivity contribution >= 4 is 44.0 Å². The summed E-state index contributed by atoms with van der Waals surface area (Å²) in [6.45, 7) is 2.91. The van der Waals surface area contributed by atoms with E-state index in [2.05, 4.69) is 52.9 Å². The van der Waals surface area contributed by atoms with Crippen LogP contribution in [-0.4, -0.2) is 16.6 Å². The average molecular weight is 327 g/mol. The largest absolute Gasteiger partial charge is 0.362 e. The van der Waals surface area contributed by atoms with E-state index in [-0.39, 0.29) is 0 Å². The zero-order chi connectivity index (χ0) is 15.4. The minimum absolute atomic E-state index is 0.617. The van der Waals surface area contributed by atoms with E-state index in [4.69, 9.17) is 12.2 Å². The van der Waals surface area contributed by atoms with Gasteiger partial charge in [0, 0.05) is 6.54 Å². The molecule has 0 radical (unpaired) electrons. The number of benzene rings is 2. The molecule has 0 bridgehead atoms. The van der Waals surface area contributed by atoms with Crippen molar-refractivity contribution in [1.82, 2.24) is 10.3 Å². The number of anilines is 1. The minimum Gasteiger partial charge on any atom is -0.362 e. The Bertz CT molecular complexity index is 762. The highest BCUT2D eigenvalue weighted by molar-refractivity contribution is 7.80. The Labute approximate surface area is 139 Å². The van der Waals surface area contributed by atoms with Gasteiger partial charge >= 0.3 is 0 Å². The fraction of sp³-hybridized carbons (Fsp3) is 0.176. The third-order valence-electron chi connectivity index (χ3n) is 3.30. The lowest BCUT2D eigenvalue weighted by Crippen LogP contribution is -2.30. The Balaban J connectivity index is 1.52. The number of thiocarbonyl (C=S) groups is 1. The van der Waals surface area contributed by atoms with Gasteiger partial charge < -0.3 is 10.6 Å². The third kappa shape index (κ3) is 3.81. The molecule has 2 N–H and O–H groups in total. The van der Waals surface area contributed by atoms with Crippen LogP contribution in [-0.2, 0) is 6.42 Å². The standard InChI is InChI=1S/C17H17N3S2/c1-12-5-4-6-13(11-12)9-10-18-16(21)20-17-19-14-7-2-3-8-15(14)22-17/h2-8,11H,9-10H2,1H3,(H2,18,19,20,21). The summed E-state index contributed by atoms with van der Waals surface area (Å²) in [5.41, 5.74) is 3.60. The number of aromatic nitrogens is 1. The SMILES string of the molecule is Cc1cccc(CCNC(=S)Nc2nc3ccccc3s2)c1. The van der Waals surface area contributed by atoms with Gasteiger partial charge in [-0.15, -0.1) is 0 Å². The number of para-hydroxylation sites is 1. The quantitative estimate of drug-likeness (QED) is 0.706. The molecule has 0 fully saturated rings. The van der Waals surface area contributed by atoms with Gasteiger partial charge in [-0.3, -0.25) is 0 Å². The molecule has 2 aromatic carbocycles. The molecule has 22 heavy (non-hydrogen) atoms. The summed E-state index contributed by atoms with van der Waals surface area (Å²) >= 11 is 6.93. The van der Waals surface area contributed by atoms with Crippen LogP contribution in [0.5, 0.6) is 0 Å². The number of nitrogens with zero attached hydrogens (tertiary/aromatic N) is 1. The molecular weight excluding hydrogens is 310 g/mol. The summed E-state index contributed by atoms with van der Waals surface area (Å²) in [7, 11) is 0. The fourth-order valence-corrected chi connectivity index (χ4v) is 3.39. The molecule has 3 rings (SSSR count). The minimum atomic E-state index is 0.617. The molecule has 0 spiro atoms. The van der Waals surface area contributed by atoms with Crippen molar-refractivity contribution in [3.05, 3.63) is 59.7 Å². The van der Waals surface area contributed by atoms with E-state index in [1.807, 2.05) is 18.2 Å². The predicted octanol–water partition coefficient (Wildman–Crippen LogP) is 4.13. The summed E-state index contributed by atoms with van der Waals surface area (Å²) in [6, 6.07) is 16.6. The van der Waals surface area contributed by atoms with Gasteiger partial charge in [0.05, 0.1) is 10.2 Å². The number of hydrogen-bond acceptors (Lipinski definition) is 3. The Hall–Kier alpha value is -1.98. The lowest BCUT2D eigenvalue weighted by molar-refractivity contribution is 0.872. The topological polar surface area (TPSA) is 37.0 Å². The summed E-state index contributed by atoms with van der Waals surface area (Å²) in [4.78, 5) is 4.51. The van der Waals surface area contributed by atoms with Crippen LogP contribution in [0.2, 0.25) is 0 Å². The number of fused-ring (bicyclic) bond motifs is 1. The monoisotopic (exact) mass is 327 g/mol. The molecule has 0 saturated carbocycles. The first-order valence-electron chi connectivity index (χ1n) is 7.17. The summed E-state index contributed by atoms with van der Waals surface area (Å²) in [5.74, 6) is 0. The molecule has 0 aliphatic rings. The van der Waals surface area contributed by atoms with Crippen LogP contribution < -0.4 is 10.6 Å². The number of hydrogen-bond donors (Lipinski definition) is 2. The van der Waals surface area contributed by atoms with Crippen molar-refractivity contribution in [1.29, 1.82) is 0 Å². The lowest BCUT2D eigenvalue weighted by Gasteiger charge is -2.08. The highest BCUT2D eigenvalue weighted by Gasteiger charge is 2.04. The molecule has 0 unspecified atom stereocenters. The van der Waals surface area contributed by atoms with E-state index in [1.54, 1.807) is 11.3 Å². The number of nitrogens with one attached hydrogen (secondary N) is 2. The van der Waals surface area contributed by atoms with Crippen molar-refractivity contribution in [2.24, 2.45) is 0 Å². The maximum Gasteiger partial charge on any atom is 0.190 e. The van der Waals surface area contributed by atoms with E-state index < -0.39 is 0 Å². The summed E-state index contributed by atoms with van der Waals surface area (Å²) in [6.07, 6.45) is 0.948. The van der Waals surface area contributed by atoms with Crippen LogP contribution in [0.4, 0.5) is 5.13 Å². The molecule has 5 heteroatoms. The number of aryl methyl sites for hydroxylation is 1. The van der Waals surface area contributed by atoms with Crippen LogP contribution in [0.25, 0.3) is 10.2 Å². The Morgan fingerprint density at radius 2 is 2.05 bits per heavy atom. The van der Waals surface area contributed by atoms with E-state index in [0.29, 0.717) is 5.11 Å². The molecule has 112 valence electrons. The average Bonchev–Trinajstić information content (AvgIpc) is 2.89. The van der Waals surface area contributed by atoms with Gasteiger partial charge in [-0.2, -0.15) is 0 Å². The second kappa shape index (κ2) is 6.85. The first kappa shape index (κ1) is 14.9. The molecule has 0 amide bonds. The van der Waals surface area contributed by atoms with Gasteiger partial charge in [0.1, 0.15) is 0 Å². The van der Waals surface area contributed by atoms with Gasteiger partial charge in [0.15, 0.2) is 10.2 Å². The maximum atomic E-state index is 5.33. The molecule has 0 saturated heterocycles. The zero-order valence-electron chi connectivity index (χ0n) is 12.3. The van der Waals surface area contributed by atoms with Gasteiger partial charge in [-0.1, -0.05) is 53.3 Å². The van der Waals surface area contributed by atoms with E-state index >= 15 is 0 Å². The normalized spacial score (nSPS) is 10.6. The molecule has 1 heterocycles. The molecule has 3 nitrogen and oxygen atoms in total. The van der Waals surface area contributed by atoms with E-state index in [1.165, 1.54) is 11.1 Å². The molecule has 3 aromatic rings. The molecule has 0 aliphatic carbocycles. The highest BCUT2D eigenvalue weighted by atomic mass is 32.1. The Morgan fingerprint density at radius 1 is 1.18 bits per heavy atom. The van der Waals surface area contributed by atoms with E-state index in [0.717, 1.165) is 28.3 Å². The summed E-state index contributed by atoms with van der Waals surface area (Å²) in [5, 5.41) is 7.83. The lowest BCUT2D eigenvalue weighted by atomic mass is 10.1. The van der Waals surface area contributed by atoms with E-state index in [9.17, 15) is 0 Å². The molecule has 0 atom stereocenters. The van der Waals surface area contributed by atoms with Crippen LogP contribution >= 0.6 is 23.6 Å². The third-order valence-corrected chi connectivity index (χ3v) is 4.49. The number of rotatable bonds is 4.